The summed E-state index contributed by atoms with van der Waals surface area (Å²) in [7, 11) is 1.44. The number of ether oxygens (including phenoxy) is 1. The minimum absolute atomic E-state index is 0.0137. The second-order valence-electron chi connectivity index (χ2n) is 6.03. The van der Waals surface area contributed by atoms with E-state index in [-0.39, 0.29) is 34.2 Å². The third kappa shape index (κ3) is 5.44. The van der Waals surface area contributed by atoms with Crippen LogP contribution in [0.1, 0.15) is 12.0 Å². The SMILES string of the molecule is COc1cc(/C=N\N=C2/NC(=O)C(CC(=O)Nc3cccc(Cl)c3Cl)S2)ccc1O. The number of phenols is 1. The van der Waals surface area contributed by atoms with Crippen LogP contribution in [0.3, 0.4) is 0 Å². The van der Waals surface area contributed by atoms with E-state index in [4.69, 9.17) is 27.9 Å². The van der Waals surface area contributed by atoms with Crippen LogP contribution in [0.5, 0.6) is 11.5 Å². The molecule has 1 aliphatic heterocycles. The van der Waals surface area contributed by atoms with Gasteiger partial charge in [-0.3, -0.25) is 9.59 Å². The molecule has 1 saturated heterocycles. The molecule has 3 N–H and O–H groups in total. The van der Waals surface area contributed by atoms with Crippen LogP contribution < -0.4 is 15.4 Å². The number of aromatic hydroxyl groups is 1. The van der Waals surface area contributed by atoms with Crippen molar-refractivity contribution in [1.29, 1.82) is 0 Å². The van der Waals surface area contributed by atoms with Gasteiger partial charge in [-0.1, -0.05) is 41.0 Å². The normalized spacial score (nSPS) is 17.4. The Morgan fingerprint density at radius 1 is 1.37 bits per heavy atom. The van der Waals surface area contributed by atoms with Crippen LogP contribution in [-0.4, -0.2) is 40.7 Å². The van der Waals surface area contributed by atoms with Gasteiger partial charge in [0.05, 0.1) is 29.1 Å². The molecule has 8 nitrogen and oxygen atoms in total. The molecule has 1 atom stereocenters. The molecule has 2 aromatic carbocycles. The number of phenolic OH excluding ortho intramolecular Hbond substituents is 1. The molecule has 1 unspecified atom stereocenters. The summed E-state index contributed by atoms with van der Waals surface area (Å²) in [4.78, 5) is 24.4. The van der Waals surface area contributed by atoms with E-state index in [0.29, 0.717) is 22.0 Å². The summed E-state index contributed by atoms with van der Waals surface area (Å²) in [6.07, 6.45) is 1.38. The number of carbonyl (C=O) groups is 2. The highest BCUT2D eigenvalue weighted by Crippen LogP contribution is 2.30. The van der Waals surface area contributed by atoms with Gasteiger partial charge in [-0.05, 0) is 35.9 Å². The summed E-state index contributed by atoms with van der Waals surface area (Å²) in [5.74, 6) is -0.402. The van der Waals surface area contributed by atoms with Gasteiger partial charge in [0.15, 0.2) is 16.7 Å². The number of hydrogen-bond donors (Lipinski definition) is 3. The number of nitrogens with zero attached hydrogens (tertiary/aromatic N) is 2. The second-order valence-corrected chi connectivity index (χ2v) is 8.01. The molecule has 156 valence electrons. The monoisotopic (exact) mass is 466 g/mol. The first-order valence-electron chi connectivity index (χ1n) is 8.57. The molecule has 1 heterocycles. The molecule has 0 bridgehead atoms. The molecule has 2 amide bonds. The van der Waals surface area contributed by atoms with Crippen molar-refractivity contribution in [2.24, 2.45) is 10.2 Å². The first-order valence-corrected chi connectivity index (χ1v) is 10.2. The smallest absolute Gasteiger partial charge is 0.240 e. The predicted molar refractivity (Wildman–Crippen MR) is 119 cm³/mol. The van der Waals surface area contributed by atoms with Gasteiger partial charge in [-0.2, -0.15) is 5.10 Å². The Morgan fingerprint density at radius 2 is 2.17 bits per heavy atom. The second kappa shape index (κ2) is 9.84. The topological polar surface area (TPSA) is 112 Å². The fraction of sp³-hybridized carbons (Fsp3) is 0.158. The van der Waals surface area contributed by atoms with Crippen LogP contribution in [-0.2, 0) is 9.59 Å². The lowest BCUT2D eigenvalue weighted by Gasteiger charge is -2.09. The van der Waals surface area contributed by atoms with Crippen molar-refractivity contribution in [3.8, 4) is 11.5 Å². The molecule has 11 heteroatoms. The maximum Gasteiger partial charge on any atom is 0.240 e. The summed E-state index contributed by atoms with van der Waals surface area (Å²) in [6.45, 7) is 0. The number of methoxy groups -OCH3 is 1. The van der Waals surface area contributed by atoms with Crippen LogP contribution in [0.25, 0.3) is 0 Å². The number of nitrogens with one attached hydrogen (secondary N) is 2. The van der Waals surface area contributed by atoms with Crippen LogP contribution in [0.2, 0.25) is 10.0 Å². The summed E-state index contributed by atoms with van der Waals surface area (Å²) < 4.78 is 5.02. The van der Waals surface area contributed by atoms with Crippen LogP contribution in [0.4, 0.5) is 5.69 Å². The summed E-state index contributed by atoms with van der Waals surface area (Å²) >= 11 is 13.1. The Hall–Kier alpha value is -2.75. The Morgan fingerprint density at radius 3 is 2.93 bits per heavy atom. The first-order chi connectivity index (χ1) is 14.4. The minimum atomic E-state index is -0.648. The largest absolute Gasteiger partial charge is 0.504 e. The van der Waals surface area contributed by atoms with Gasteiger partial charge >= 0.3 is 0 Å². The van der Waals surface area contributed by atoms with E-state index in [0.717, 1.165) is 11.8 Å². The van der Waals surface area contributed by atoms with E-state index in [9.17, 15) is 14.7 Å². The molecular formula is C19H16Cl2N4O4S. The van der Waals surface area contributed by atoms with Gasteiger partial charge in [0, 0.05) is 6.42 Å². The van der Waals surface area contributed by atoms with Crippen LogP contribution in [0, 0.1) is 0 Å². The zero-order valence-electron chi connectivity index (χ0n) is 15.6. The van der Waals surface area contributed by atoms with Crippen molar-refractivity contribution in [2.75, 3.05) is 12.4 Å². The highest BCUT2D eigenvalue weighted by atomic mass is 35.5. The molecule has 1 aliphatic rings. The third-order valence-corrected chi connectivity index (χ3v) is 5.82. The Kier molecular flexibility index (Phi) is 7.20. The fourth-order valence-corrected chi connectivity index (χ4v) is 3.75. The van der Waals surface area contributed by atoms with Gasteiger partial charge < -0.3 is 20.5 Å². The van der Waals surface area contributed by atoms with E-state index < -0.39 is 5.25 Å². The summed E-state index contributed by atoms with van der Waals surface area (Å²) in [5.41, 5.74) is 1.03. The lowest BCUT2D eigenvalue weighted by atomic mass is 10.2. The van der Waals surface area contributed by atoms with Gasteiger partial charge in [0.25, 0.3) is 0 Å². The van der Waals surface area contributed by atoms with Gasteiger partial charge in [0.2, 0.25) is 11.8 Å². The van der Waals surface area contributed by atoms with Crippen molar-refractivity contribution in [3.05, 3.63) is 52.0 Å². The molecular weight excluding hydrogens is 451 g/mol. The number of halogens is 2. The lowest BCUT2D eigenvalue weighted by molar-refractivity contribution is -0.122. The molecule has 0 aliphatic carbocycles. The minimum Gasteiger partial charge on any atom is -0.504 e. The van der Waals surface area contributed by atoms with E-state index in [2.05, 4.69) is 20.8 Å². The summed E-state index contributed by atoms with van der Waals surface area (Å²) in [6, 6.07) is 9.59. The van der Waals surface area contributed by atoms with E-state index >= 15 is 0 Å². The standard InChI is InChI=1S/C19H16Cl2N4O4S/c1-29-14-7-10(5-6-13(14)26)9-22-25-19-24-18(28)15(30-19)8-16(27)23-12-4-2-3-11(20)17(12)21/h2-7,9,15,26H,8H2,1H3,(H,23,27)(H,24,25,28)/b22-9-. The number of thioether (sulfide) groups is 1. The van der Waals surface area contributed by atoms with E-state index in [1.165, 1.54) is 19.4 Å². The Bertz CT molecular complexity index is 1050. The van der Waals surface area contributed by atoms with Crippen molar-refractivity contribution in [2.45, 2.75) is 11.7 Å². The van der Waals surface area contributed by atoms with Gasteiger partial charge in [0.1, 0.15) is 5.25 Å². The zero-order chi connectivity index (χ0) is 21.7. The number of anilines is 1. The van der Waals surface area contributed by atoms with Crippen molar-refractivity contribution < 1.29 is 19.4 Å². The Balaban J connectivity index is 1.59. The molecule has 1 fully saturated rings. The van der Waals surface area contributed by atoms with Crippen molar-refractivity contribution in [1.82, 2.24) is 5.32 Å². The highest BCUT2D eigenvalue weighted by Gasteiger charge is 2.32. The third-order valence-electron chi connectivity index (χ3n) is 3.93. The fourth-order valence-electron chi connectivity index (χ4n) is 2.48. The maximum atomic E-state index is 12.3. The number of rotatable bonds is 6. The number of amidine groups is 1. The molecule has 0 radical (unpaired) electrons. The summed E-state index contributed by atoms with van der Waals surface area (Å²) in [5, 5.41) is 22.9. The van der Waals surface area contributed by atoms with Gasteiger partial charge in [-0.25, -0.2) is 0 Å². The molecule has 0 spiro atoms. The Labute approximate surface area is 186 Å². The molecule has 2 aromatic rings. The quantitative estimate of drug-likeness (QED) is 0.444. The number of benzene rings is 2. The maximum absolute atomic E-state index is 12.3. The van der Waals surface area contributed by atoms with E-state index in [1.54, 1.807) is 30.3 Å². The average molecular weight is 467 g/mol. The zero-order valence-corrected chi connectivity index (χ0v) is 17.9. The van der Waals surface area contributed by atoms with E-state index in [1.807, 2.05) is 0 Å². The average Bonchev–Trinajstić information content (AvgIpc) is 3.05. The van der Waals surface area contributed by atoms with Crippen molar-refractivity contribution in [3.63, 3.8) is 0 Å². The molecule has 0 saturated carbocycles. The molecule has 30 heavy (non-hydrogen) atoms. The molecule has 0 aromatic heterocycles. The van der Waals surface area contributed by atoms with Crippen molar-refractivity contribution >= 4 is 63.8 Å². The highest BCUT2D eigenvalue weighted by molar-refractivity contribution is 8.15. The first kappa shape index (κ1) is 21.9. The molecule has 3 rings (SSSR count). The van der Waals surface area contributed by atoms with Crippen LogP contribution >= 0.6 is 35.0 Å². The number of carbonyl (C=O) groups excluding carboxylic acids is 2. The predicted octanol–water partition coefficient (Wildman–Crippen LogP) is 3.66. The number of hydrogen-bond acceptors (Lipinski definition) is 7. The van der Waals surface area contributed by atoms with Crippen LogP contribution in [0.15, 0.2) is 46.6 Å². The number of amides is 2. The van der Waals surface area contributed by atoms with Gasteiger partial charge in [-0.15, -0.1) is 5.10 Å². The lowest BCUT2D eigenvalue weighted by Crippen LogP contribution is -2.28.